The Bertz CT molecular complexity index is 597. The third kappa shape index (κ3) is 3.07. The summed E-state index contributed by atoms with van der Waals surface area (Å²) in [5.74, 6) is -0.207. The molecular weight excluding hydrogens is 373 g/mol. The molecule has 0 heterocycles. The zero-order chi connectivity index (χ0) is 14.0. The molecule has 0 bridgehead atoms. The maximum Gasteiger partial charge on any atom is 0.128 e. The fraction of sp³-hybridized carbons (Fsp3) is 0.200. The van der Waals surface area contributed by atoms with Crippen LogP contribution in [0.25, 0.3) is 0 Å². The Labute approximate surface area is 129 Å². The Balaban J connectivity index is 2.56. The van der Waals surface area contributed by atoms with E-state index in [4.69, 9.17) is 0 Å². The standard InChI is InChI=1S/C15H14Br2FN/c1-9-11(4-3-5-13(9)17)15(19-2)12-8-10(16)6-7-14(12)18/h3-8,15,19H,1-2H3. The molecule has 1 nitrogen and oxygen atoms in total. The summed E-state index contributed by atoms with van der Waals surface area (Å²) < 4.78 is 16.0. The minimum atomic E-state index is -0.207. The van der Waals surface area contributed by atoms with Gasteiger partial charge in [0.25, 0.3) is 0 Å². The predicted octanol–water partition coefficient (Wildman–Crippen LogP) is 4.97. The SMILES string of the molecule is CNC(c1cc(Br)ccc1F)c1cccc(Br)c1C. The molecule has 100 valence electrons. The molecule has 0 radical (unpaired) electrons. The third-order valence-corrected chi connectivity index (χ3v) is 4.53. The summed E-state index contributed by atoms with van der Waals surface area (Å²) in [5.41, 5.74) is 2.81. The number of rotatable bonds is 3. The molecule has 0 aliphatic carbocycles. The highest BCUT2D eigenvalue weighted by Crippen LogP contribution is 2.31. The first-order chi connectivity index (χ1) is 9.04. The van der Waals surface area contributed by atoms with Crippen LogP contribution in [-0.4, -0.2) is 7.05 Å². The molecule has 2 aromatic carbocycles. The zero-order valence-electron chi connectivity index (χ0n) is 10.7. The lowest BCUT2D eigenvalue weighted by Gasteiger charge is -2.21. The molecule has 1 N–H and O–H groups in total. The highest BCUT2D eigenvalue weighted by Gasteiger charge is 2.19. The van der Waals surface area contributed by atoms with Gasteiger partial charge in [0, 0.05) is 14.5 Å². The topological polar surface area (TPSA) is 12.0 Å². The van der Waals surface area contributed by atoms with E-state index in [2.05, 4.69) is 37.2 Å². The Hall–Kier alpha value is -0.710. The van der Waals surface area contributed by atoms with Gasteiger partial charge in [-0.25, -0.2) is 4.39 Å². The van der Waals surface area contributed by atoms with Crippen LogP contribution in [0.3, 0.4) is 0 Å². The Kier molecular flexibility index (Phi) is 4.76. The van der Waals surface area contributed by atoms with Gasteiger partial charge in [-0.3, -0.25) is 0 Å². The highest BCUT2D eigenvalue weighted by atomic mass is 79.9. The summed E-state index contributed by atoms with van der Waals surface area (Å²) in [4.78, 5) is 0. The van der Waals surface area contributed by atoms with Gasteiger partial charge in [0.15, 0.2) is 0 Å². The van der Waals surface area contributed by atoms with Crippen LogP contribution >= 0.6 is 31.9 Å². The smallest absolute Gasteiger partial charge is 0.128 e. The number of hydrogen-bond acceptors (Lipinski definition) is 1. The Morgan fingerprint density at radius 1 is 1.11 bits per heavy atom. The van der Waals surface area contributed by atoms with Gasteiger partial charge < -0.3 is 5.32 Å². The molecule has 0 spiro atoms. The van der Waals surface area contributed by atoms with E-state index in [1.807, 2.05) is 38.2 Å². The molecular formula is C15H14Br2FN. The fourth-order valence-corrected chi connectivity index (χ4v) is 2.91. The number of nitrogens with one attached hydrogen (secondary N) is 1. The normalized spacial score (nSPS) is 12.5. The molecule has 0 aliphatic rings. The van der Waals surface area contributed by atoms with Crippen LogP contribution in [0, 0.1) is 12.7 Å². The second kappa shape index (κ2) is 6.16. The monoisotopic (exact) mass is 385 g/mol. The summed E-state index contributed by atoms with van der Waals surface area (Å²) in [6.07, 6.45) is 0. The second-order valence-corrected chi connectivity index (χ2v) is 6.11. The minimum Gasteiger partial charge on any atom is -0.309 e. The lowest BCUT2D eigenvalue weighted by molar-refractivity contribution is 0.574. The highest BCUT2D eigenvalue weighted by molar-refractivity contribution is 9.10. The van der Waals surface area contributed by atoms with E-state index < -0.39 is 0 Å². The average molecular weight is 387 g/mol. The van der Waals surface area contributed by atoms with Crippen molar-refractivity contribution in [3.05, 3.63) is 67.9 Å². The van der Waals surface area contributed by atoms with Crippen molar-refractivity contribution >= 4 is 31.9 Å². The number of halogens is 3. The van der Waals surface area contributed by atoms with Crippen molar-refractivity contribution in [3.63, 3.8) is 0 Å². The van der Waals surface area contributed by atoms with Gasteiger partial charge in [-0.05, 0) is 49.4 Å². The average Bonchev–Trinajstić information content (AvgIpc) is 2.39. The molecule has 0 saturated carbocycles. The van der Waals surface area contributed by atoms with Gasteiger partial charge >= 0.3 is 0 Å². The first-order valence-electron chi connectivity index (χ1n) is 5.92. The maximum absolute atomic E-state index is 14.1. The van der Waals surface area contributed by atoms with Crippen LogP contribution in [0.2, 0.25) is 0 Å². The lowest BCUT2D eigenvalue weighted by atomic mass is 9.95. The van der Waals surface area contributed by atoms with Crippen LogP contribution in [-0.2, 0) is 0 Å². The second-order valence-electron chi connectivity index (χ2n) is 4.34. The van der Waals surface area contributed by atoms with Crippen LogP contribution in [0.4, 0.5) is 4.39 Å². The fourth-order valence-electron chi connectivity index (χ4n) is 2.15. The molecule has 4 heteroatoms. The molecule has 2 aromatic rings. The minimum absolute atomic E-state index is 0.171. The predicted molar refractivity (Wildman–Crippen MR) is 83.9 cm³/mol. The van der Waals surface area contributed by atoms with Crippen molar-refractivity contribution in [2.75, 3.05) is 7.05 Å². The quantitative estimate of drug-likeness (QED) is 0.785. The van der Waals surface area contributed by atoms with Gasteiger partial charge in [-0.15, -0.1) is 0 Å². The molecule has 0 aliphatic heterocycles. The van der Waals surface area contributed by atoms with E-state index in [9.17, 15) is 4.39 Å². The number of hydrogen-bond donors (Lipinski definition) is 1. The van der Waals surface area contributed by atoms with Gasteiger partial charge in [-0.2, -0.15) is 0 Å². The lowest BCUT2D eigenvalue weighted by Crippen LogP contribution is -2.20. The molecule has 1 atom stereocenters. The van der Waals surface area contributed by atoms with Crippen LogP contribution in [0.15, 0.2) is 45.3 Å². The molecule has 19 heavy (non-hydrogen) atoms. The summed E-state index contributed by atoms with van der Waals surface area (Å²) >= 11 is 6.91. The maximum atomic E-state index is 14.1. The largest absolute Gasteiger partial charge is 0.309 e. The van der Waals surface area contributed by atoms with Crippen molar-refractivity contribution in [1.82, 2.24) is 5.32 Å². The molecule has 0 aromatic heterocycles. The van der Waals surface area contributed by atoms with E-state index in [0.717, 1.165) is 20.1 Å². The summed E-state index contributed by atoms with van der Waals surface area (Å²) in [6.45, 7) is 2.03. The van der Waals surface area contributed by atoms with Gasteiger partial charge in [0.05, 0.1) is 6.04 Å². The van der Waals surface area contributed by atoms with Crippen LogP contribution in [0.1, 0.15) is 22.7 Å². The molecule has 0 amide bonds. The van der Waals surface area contributed by atoms with Gasteiger partial charge in [0.1, 0.15) is 5.82 Å². The van der Waals surface area contributed by atoms with Gasteiger partial charge in [0.2, 0.25) is 0 Å². The molecule has 0 fully saturated rings. The van der Waals surface area contributed by atoms with E-state index in [0.29, 0.717) is 5.56 Å². The van der Waals surface area contributed by atoms with Crippen LogP contribution < -0.4 is 5.32 Å². The first kappa shape index (κ1) is 14.7. The van der Waals surface area contributed by atoms with E-state index >= 15 is 0 Å². The Morgan fingerprint density at radius 3 is 2.53 bits per heavy atom. The third-order valence-electron chi connectivity index (χ3n) is 3.18. The van der Waals surface area contributed by atoms with E-state index in [1.165, 1.54) is 6.07 Å². The van der Waals surface area contributed by atoms with Crippen molar-refractivity contribution in [2.45, 2.75) is 13.0 Å². The van der Waals surface area contributed by atoms with Crippen molar-refractivity contribution in [1.29, 1.82) is 0 Å². The van der Waals surface area contributed by atoms with Crippen molar-refractivity contribution in [3.8, 4) is 0 Å². The zero-order valence-corrected chi connectivity index (χ0v) is 13.8. The van der Waals surface area contributed by atoms with E-state index in [-0.39, 0.29) is 11.9 Å². The first-order valence-corrected chi connectivity index (χ1v) is 7.50. The summed E-state index contributed by atoms with van der Waals surface area (Å²) in [5, 5.41) is 3.19. The Morgan fingerprint density at radius 2 is 1.84 bits per heavy atom. The molecule has 2 rings (SSSR count). The van der Waals surface area contributed by atoms with Gasteiger partial charge in [-0.1, -0.05) is 44.0 Å². The number of benzene rings is 2. The van der Waals surface area contributed by atoms with Crippen LogP contribution in [0.5, 0.6) is 0 Å². The summed E-state index contributed by atoms with van der Waals surface area (Å²) in [7, 11) is 1.84. The van der Waals surface area contributed by atoms with E-state index in [1.54, 1.807) is 6.07 Å². The van der Waals surface area contributed by atoms with Crippen molar-refractivity contribution in [2.24, 2.45) is 0 Å². The summed E-state index contributed by atoms with van der Waals surface area (Å²) in [6, 6.07) is 10.8. The molecule has 1 unspecified atom stereocenters. The van der Waals surface area contributed by atoms with Crippen molar-refractivity contribution < 1.29 is 4.39 Å². The molecule has 0 saturated heterocycles.